The van der Waals surface area contributed by atoms with Gasteiger partial charge in [0.2, 0.25) is 0 Å². The van der Waals surface area contributed by atoms with Crippen molar-refractivity contribution in [2.45, 2.75) is 25.9 Å². The lowest BCUT2D eigenvalue weighted by Crippen LogP contribution is -2.13. The predicted octanol–water partition coefficient (Wildman–Crippen LogP) is 5.47. The Hall–Kier alpha value is -3.19. The molecular weight excluding hydrogens is 393 g/mol. The molecule has 0 aliphatic rings. The number of alkyl halides is 3. The van der Waals surface area contributed by atoms with Gasteiger partial charge in [0.25, 0.3) is 5.91 Å². The maximum atomic E-state index is 12.6. The van der Waals surface area contributed by atoms with E-state index >= 15 is 0 Å². The van der Waals surface area contributed by atoms with Crippen molar-refractivity contribution in [2.24, 2.45) is 0 Å². The molecule has 30 heavy (non-hydrogen) atoms. The minimum absolute atomic E-state index is 0.0156. The zero-order valence-corrected chi connectivity index (χ0v) is 16.5. The SMILES string of the molecule is Cc1cc(/C=C/C(F)(F)F)ccc1C(=O)Nc1ccc2cc(C(C)CO)cnc2c1. The average Bonchev–Trinajstić information content (AvgIpc) is 2.70. The Bertz CT molecular complexity index is 1110. The highest BCUT2D eigenvalue weighted by molar-refractivity contribution is 6.06. The Morgan fingerprint density at radius 3 is 2.63 bits per heavy atom. The topological polar surface area (TPSA) is 62.2 Å². The number of carbonyl (C=O) groups excluding carboxylic acids is 1. The van der Waals surface area contributed by atoms with Gasteiger partial charge in [0.1, 0.15) is 0 Å². The molecule has 0 saturated heterocycles. The highest BCUT2D eigenvalue weighted by Gasteiger charge is 2.21. The first-order valence-electron chi connectivity index (χ1n) is 9.35. The lowest BCUT2D eigenvalue weighted by Gasteiger charge is -2.11. The van der Waals surface area contributed by atoms with Gasteiger partial charge in [-0.15, -0.1) is 0 Å². The highest BCUT2D eigenvalue weighted by atomic mass is 19.4. The van der Waals surface area contributed by atoms with Crippen LogP contribution in [-0.4, -0.2) is 28.8 Å². The molecule has 1 atom stereocenters. The van der Waals surface area contributed by atoms with Gasteiger partial charge in [-0.05, 0) is 47.9 Å². The van der Waals surface area contributed by atoms with Gasteiger partial charge < -0.3 is 10.4 Å². The molecule has 1 unspecified atom stereocenters. The second-order valence-corrected chi connectivity index (χ2v) is 7.16. The van der Waals surface area contributed by atoms with E-state index in [-0.39, 0.29) is 24.5 Å². The molecule has 2 aromatic carbocycles. The predicted molar refractivity (Wildman–Crippen MR) is 111 cm³/mol. The molecule has 3 aromatic rings. The van der Waals surface area contributed by atoms with Crippen molar-refractivity contribution in [3.8, 4) is 0 Å². The number of aliphatic hydroxyl groups is 1. The Morgan fingerprint density at radius 2 is 1.97 bits per heavy atom. The first kappa shape index (κ1) is 21.5. The molecule has 0 fully saturated rings. The summed E-state index contributed by atoms with van der Waals surface area (Å²) in [5.41, 5.74) is 3.49. The van der Waals surface area contributed by atoms with Crippen molar-refractivity contribution >= 4 is 28.6 Å². The van der Waals surface area contributed by atoms with Gasteiger partial charge >= 0.3 is 6.18 Å². The number of benzene rings is 2. The van der Waals surface area contributed by atoms with Crippen LogP contribution in [0, 0.1) is 6.92 Å². The molecule has 0 saturated carbocycles. The van der Waals surface area contributed by atoms with E-state index < -0.39 is 6.18 Å². The maximum Gasteiger partial charge on any atom is 0.409 e. The van der Waals surface area contributed by atoms with Crippen molar-refractivity contribution < 1.29 is 23.1 Å². The number of aliphatic hydroxyl groups excluding tert-OH is 1. The monoisotopic (exact) mass is 414 g/mol. The van der Waals surface area contributed by atoms with Gasteiger partial charge in [-0.3, -0.25) is 9.78 Å². The molecule has 1 amide bonds. The molecule has 0 radical (unpaired) electrons. The number of allylic oxidation sites excluding steroid dienone is 1. The van der Waals surface area contributed by atoms with Crippen LogP contribution in [0.2, 0.25) is 0 Å². The van der Waals surface area contributed by atoms with Crippen LogP contribution in [0.25, 0.3) is 17.0 Å². The number of nitrogens with one attached hydrogen (secondary N) is 1. The van der Waals surface area contributed by atoms with Gasteiger partial charge in [-0.25, -0.2) is 0 Å². The fourth-order valence-electron chi connectivity index (χ4n) is 3.03. The van der Waals surface area contributed by atoms with Crippen molar-refractivity contribution in [1.29, 1.82) is 0 Å². The molecule has 4 nitrogen and oxygen atoms in total. The van der Waals surface area contributed by atoms with E-state index in [9.17, 15) is 23.1 Å². The standard InChI is InChI=1S/C23H21F3N2O2/c1-14-9-16(7-8-23(24,25)26)3-6-20(14)22(30)28-19-5-4-17-10-18(15(2)13-29)12-27-21(17)11-19/h3-12,15,29H,13H2,1-2H3,(H,28,30)/b8-7+. The normalized spacial score (nSPS) is 13.0. The van der Waals surface area contributed by atoms with E-state index in [2.05, 4.69) is 10.3 Å². The molecule has 1 heterocycles. The van der Waals surface area contributed by atoms with E-state index in [0.29, 0.717) is 27.9 Å². The molecule has 1 aromatic heterocycles. The number of amides is 1. The number of pyridine rings is 1. The van der Waals surface area contributed by atoms with Crippen LogP contribution in [0.5, 0.6) is 0 Å². The Balaban J connectivity index is 1.78. The smallest absolute Gasteiger partial charge is 0.396 e. The molecule has 0 bridgehead atoms. The summed E-state index contributed by atoms with van der Waals surface area (Å²) in [5, 5.41) is 13.0. The van der Waals surface area contributed by atoms with E-state index in [0.717, 1.165) is 17.0 Å². The van der Waals surface area contributed by atoms with Gasteiger partial charge in [-0.2, -0.15) is 13.2 Å². The zero-order valence-electron chi connectivity index (χ0n) is 16.5. The number of carbonyl (C=O) groups is 1. The van der Waals surface area contributed by atoms with Crippen LogP contribution < -0.4 is 5.32 Å². The first-order valence-corrected chi connectivity index (χ1v) is 9.35. The number of nitrogens with zero attached hydrogens (tertiary/aromatic N) is 1. The van der Waals surface area contributed by atoms with E-state index in [1.807, 2.05) is 19.1 Å². The molecule has 0 aliphatic carbocycles. The van der Waals surface area contributed by atoms with Crippen LogP contribution in [0.15, 0.2) is 54.7 Å². The molecule has 7 heteroatoms. The van der Waals surface area contributed by atoms with Crippen molar-refractivity contribution in [3.63, 3.8) is 0 Å². The third kappa shape index (κ3) is 5.24. The lowest BCUT2D eigenvalue weighted by atomic mass is 10.0. The van der Waals surface area contributed by atoms with Gasteiger partial charge in [0.05, 0.1) is 5.52 Å². The second-order valence-electron chi connectivity index (χ2n) is 7.16. The van der Waals surface area contributed by atoms with Gasteiger partial charge in [-0.1, -0.05) is 31.2 Å². The molecular formula is C23H21F3N2O2. The number of rotatable bonds is 5. The van der Waals surface area contributed by atoms with E-state index in [1.165, 1.54) is 18.2 Å². The number of hydrogen-bond donors (Lipinski definition) is 2. The first-order chi connectivity index (χ1) is 14.2. The largest absolute Gasteiger partial charge is 0.409 e. The van der Waals surface area contributed by atoms with Crippen LogP contribution in [-0.2, 0) is 0 Å². The third-order valence-corrected chi connectivity index (χ3v) is 4.77. The number of aryl methyl sites for hydroxylation is 1. The molecule has 0 aliphatic heterocycles. The van der Waals surface area contributed by atoms with Crippen LogP contribution in [0.1, 0.15) is 39.9 Å². The number of aromatic nitrogens is 1. The quantitative estimate of drug-likeness (QED) is 0.582. The van der Waals surface area contributed by atoms with Crippen molar-refractivity contribution in [1.82, 2.24) is 4.98 Å². The van der Waals surface area contributed by atoms with E-state index in [4.69, 9.17) is 0 Å². The fraction of sp³-hybridized carbons (Fsp3) is 0.217. The van der Waals surface area contributed by atoms with Gasteiger partial charge in [0.15, 0.2) is 0 Å². The Labute approximate surface area is 172 Å². The minimum Gasteiger partial charge on any atom is -0.396 e. The number of anilines is 1. The molecule has 156 valence electrons. The third-order valence-electron chi connectivity index (χ3n) is 4.77. The molecule has 2 N–H and O–H groups in total. The summed E-state index contributed by atoms with van der Waals surface area (Å²) in [4.78, 5) is 17.0. The average molecular weight is 414 g/mol. The molecule has 3 rings (SSSR count). The maximum absolute atomic E-state index is 12.6. The Kier molecular flexibility index (Phi) is 6.22. The summed E-state index contributed by atoms with van der Waals surface area (Å²) in [6.45, 7) is 3.61. The van der Waals surface area contributed by atoms with Crippen LogP contribution >= 0.6 is 0 Å². The minimum atomic E-state index is -4.38. The number of hydrogen-bond acceptors (Lipinski definition) is 3. The van der Waals surface area contributed by atoms with E-state index in [1.54, 1.807) is 25.3 Å². The Morgan fingerprint density at radius 1 is 1.20 bits per heavy atom. The fourth-order valence-corrected chi connectivity index (χ4v) is 3.03. The van der Waals surface area contributed by atoms with Crippen molar-refractivity contribution in [2.75, 3.05) is 11.9 Å². The summed E-state index contributed by atoms with van der Waals surface area (Å²) >= 11 is 0. The second kappa shape index (κ2) is 8.67. The van der Waals surface area contributed by atoms with Crippen LogP contribution in [0.4, 0.5) is 18.9 Å². The summed E-state index contributed by atoms with van der Waals surface area (Å²) in [6, 6.07) is 11.8. The lowest BCUT2D eigenvalue weighted by molar-refractivity contribution is -0.0790. The highest BCUT2D eigenvalue weighted by Crippen LogP contribution is 2.23. The number of fused-ring (bicyclic) bond motifs is 1. The summed E-state index contributed by atoms with van der Waals surface area (Å²) < 4.78 is 36.9. The summed E-state index contributed by atoms with van der Waals surface area (Å²) in [6.07, 6.45) is -1.55. The molecule has 0 spiro atoms. The number of halogens is 3. The van der Waals surface area contributed by atoms with Crippen LogP contribution in [0.3, 0.4) is 0 Å². The summed E-state index contributed by atoms with van der Waals surface area (Å²) in [5.74, 6) is -0.373. The zero-order chi connectivity index (χ0) is 21.9. The summed E-state index contributed by atoms with van der Waals surface area (Å²) in [7, 11) is 0. The van der Waals surface area contributed by atoms with Crippen molar-refractivity contribution in [3.05, 3.63) is 77.0 Å². The van der Waals surface area contributed by atoms with Gasteiger partial charge in [0, 0.05) is 41.4 Å².